The van der Waals surface area contributed by atoms with Crippen molar-refractivity contribution < 1.29 is 8.42 Å². The third-order valence-electron chi connectivity index (χ3n) is 1.98. The van der Waals surface area contributed by atoms with Crippen molar-refractivity contribution in [3.05, 3.63) is 0 Å². The summed E-state index contributed by atoms with van der Waals surface area (Å²) >= 11 is 0. The van der Waals surface area contributed by atoms with Crippen LogP contribution in [0.1, 0.15) is 34.1 Å². The molecule has 6 nitrogen and oxygen atoms in total. The zero-order valence-electron chi connectivity index (χ0n) is 12.4. The molecule has 0 amide bonds. The van der Waals surface area contributed by atoms with Gasteiger partial charge in [0, 0.05) is 18.6 Å². The number of halogens is 1. The minimum atomic E-state index is -3.22. The van der Waals surface area contributed by atoms with E-state index in [2.05, 4.69) is 27.3 Å². The Bertz CT molecular complexity index is 369. The largest absolute Gasteiger partial charge is 0.357 e. The number of rotatable bonds is 7. The highest BCUT2D eigenvalue weighted by Gasteiger charge is 2.21. The molecule has 0 aromatic rings. The van der Waals surface area contributed by atoms with Crippen LogP contribution in [0.15, 0.2) is 4.99 Å². The quantitative estimate of drug-likeness (QED) is 0.333. The number of aliphatic imine (C=N–C) groups is 1. The summed E-state index contributed by atoms with van der Waals surface area (Å²) in [7, 11) is -3.22. The standard InChI is InChI=1S/C11H26N4O2S.HI/c1-6-8-13-10(12-7-2)14-9-11(3,4)15-18(5,16)17;/h15H,6-9H2,1-5H3,(H2,12,13,14);1H. The summed E-state index contributed by atoms with van der Waals surface area (Å²) in [4.78, 5) is 4.37. The maximum absolute atomic E-state index is 11.2. The predicted octanol–water partition coefficient (Wildman–Crippen LogP) is 0.897. The Kier molecular flexibility index (Phi) is 10.9. The number of nitrogens with one attached hydrogen (secondary N) is 3. The molecule has 0 saturated carbocycles. The molecular formula is C11H27IN4O2S. The first-order valence-electron chi connectivity index (χ1n) is 6.21. The van der Waals surface area contributed by atoms with Gasteiger partial charge in [-0.15, -0.1) is 24.0 Å². The van der Waals surface area contributed by atoms with Gasteiger partial charge in [0.25, 0.3) is 0 Å². The highest BCUT2D eigenvalue weighted by molar-refractivity contribution is 14.0. The van der Waals surface area contributed by atoms with E-state index in [9.17, 15) is 8.42 Å². The van der Waals surface area contributed by atoms with Crippen molar-refractivity contribution in [3.8, 4) is 0 Å². The second-order valence-corrected chi connectivity index (χ2v) is 6.63. The van der Waals surface area contributed by atoms with E-state index in [4.69, 9.17) is 0 Å². The fraction of sp³-hybridized carbons (Fsp3) is 0.909. The number of nitrogens with zero attached hydrogens (tertiary/aromatic N) is 1. The molecule has 0 spiro atoms. The van der Waals surface area contributed by atoms with Crippen LogP contribution in [0.4, 0.5) is 0 Å². The number of guanidine groups is 1. The average molecular weight is 406 g/mol. The maximum Gasteiger partial charge on any atom is 0.209 e. The smallest absolute Gasteiger partial charge is 0.209 e. The van der Waals surface area contributed by atoms with Crippen LogP contribution >= 0.6 is 24.0 Å². The third kappa shape index (κ3) is 12.7. The van der Waals surface area contributed by atoms with Crippen LogP contribution in [0, 0.1) is 0 Å². The first-order chi connectivity index (χ1) is 8.20. The lowest BCUT2D eigenvalue weighted by Crippen LogP contribution is -2.46. The minimum Gasteiger partial charge on any atom is -0.357 e. The van der Waals surface area contributed by atoms with Crippen LogP contribution in [0.25, 0.3) is 0 Å². The summed E-state index contributed by atoms with van der Waals surface area (Å²) < 4.78 is 25.0. The summed E-state index contributed by atoms with van der Waals surface area (Å²) in [6, 6.07) is 0. The van der Waals surface area contributed by atoms with E-state index < -0.39 is 15.6 Å². The summed E-state index contributed by atoms with van der Waals surface area (Å²) in [5, 5.41) is 6.28. The molecule has 0 atom stereocenters. The molecule has 0 rings (SSSR count). The average Bonchev–Trinajstić information content (AvgIpc) is 2.19. The van der Waals surface area contributed by atoms with Gasteiger partial charge in [0.2, 0.25) is 10.0 Å². The van der Waals surface area contributed by atoms with Crippen molar-refractivity contribution in [3.63, 3.8) is 0 Å². The summed E-state index contributed by atoms with van der Waals surface area (Å²) in [6.45, 7) is 9.66. The molecule has 116 valence electrons. The number of hydrogen-bond donors (Lipinski definition) is 3. The van der Waals surface area contributed by atoms with Gasteiger partial charge >= 0.3 is 0 Å². The van der Waals surface area contributed by atoms with Crippen molar-refractivity contribution in [2.75, 3.05) is 25.9 Å². The zero-order valence-corrected chi connectivity index (χ0v) is 15.6. The molecule has 0 aliphatic carbocycles. The van der Waals surface area contributed by atoms with Gasteiger partial charge in [-0.25, -0.2) is 13.1 Å². The van der Waals surface area contributed by atoms with E-state index in [1.807, 2.05) is 6.92 Å². The molecule has 0 aromatic carbocycles. The van der Waals surface area contributed by atoms with Crippen molar-refractivity contribution in [1.29, 1.82) is 0 Å². The van der Waals surface area contributed by atoms with Crippen LogP contribution in [-0.2, 0) is 10.0 Å². The summed E-state index contributed by atoms with van der Waals surface area (Å²) in [5.74, 6) is 0.711. The molecule has 0 saturated heterocycles. The van der Waals surface area contributed by atoms with Crippen LogP contribution in [-0.4, -0.2) is 45.8 Å². The topological polar surface area (TPSA) is 82.6 Å². The summed E-state index contributed by atoms with van der Waals surface area (Å²) in [5.41, 5.74) is -0.595. The molecule has 0 aromatic heterocycles. The molecular weight excluding hydrogens is 379 g/mol. The Morgan fingerprint density at radius 1 is 1.21 bits per heavy atom. The Balaban J connectivity index is 0. The molecule has 0 unspecified atom stereocenters. The van der Waals surface area contributed by atoms with Crippen molar-refractivity contribution >= 4 is 40.0 Å². The van der Waals surface area contributed by atoms with E-state index in [1.54, 1.807) is 13.8 Å². The first-order valence-corrected chi connectivity index (χ1v) is 8.10. The lowest BCUT2D eigenvalue weighted by Gasteiger charge is -2.23. The van der Waals surface area contributed by atoms with Crippen LogP contribution in [0.5, 0.6) is 0 Å². The third-order valence-corrected chi connectivity index (χ3v) is 2.90. The monoisotopic (exact) mass is 406 g/mol. The molecule has 0 fully saturated rings. The molecule has 0 aliphatic heterocycles. The van der Waals surface area contributed by atoms with Crippen LogP contribution in [0.3, 0.4) is 0 Å². The SMILES string of the molecule is CCCNC(=NCC(C)(C)NS(C)(=O)=O)NCC.I. The van der Waals surface area contributed by atoms with E-state index in [1.165, 1.54) is 0 Å². The molecule has 0 radical (unpaired) electrons. The molecule has 0 heterocycles. The minimum absolute atomic E-state index is 0. The van der Waals surface area contributed by atoms with Crippen LogP contribution in [0.2, 0.25) is 0 Å². The Morgan fingerprint density at radius 2 is 1.79 bits per heavy atom. The Labute approximate surface area is 134 Å². The molecule has 19 heavy (non-hydrogen) atoms. The van der Waals surface area contributed by atoms with Gasteiger partial charge in [0.1, 0.15) is 0 Å². The van der Waals surface area contributed by atoms with Crippen molar-refractivity contribution in [2.24, 2.45) is 4.99 Å². The van der Waals surface area contributed by atoms with Gasteiger partial charge in [0.15, 0.2) is 5.96 Å². The fourth-order valence-electron chi connectivity index (χ4n) is 1.40. The molecule has 0 aliphatic rings. The van der Waals surface area contributed by atoms with Crippen LogP contribution < -0.4 is 15.4 Å². The second kappa shape index (κ2) is 9.76. The summed E-state index contributed by atoms with van der Waals surface area (Å²) in [6.07, 6.45) is 2.16. The van der Waals surface area contributed by atoms with Gasteiger partial charge in [0.05, 0.1) is 12.8 Å². The fourth-order valence-corrected chi connectivity index (χ4v) is 2.46. The molecule has 8 heteroatoms. The predicted molar refractivity (Wildman–Crippen MR) is 91.7 cm³/mol. The van der Waals surface area contributed by atoms with Gasteiger partial charge in [-0.2, -0.15) is 0 Å². The van der Waals surface area contributed by atoms with Gasteiger partial charge < -0.3 is 10.6 Å². The second-order valence-electron chi connectivity index (χ2n) is 4.88. The van der Waals surface area contributed by atoms with Crippen molar-refractivity contribution in [2.45, 2.75) is 39.7 Å². The lowest BCUT2D eigenvalue weighted by molar-refractivity contribution is 0.464. The highest BCUT2D eigenvalue weighted by Crippen LogP contribution is 2.04. The van der Waals surface area contributed by atoms with Gasteiger partial charge in [-0.3, -0.25) is 4.99 Å². The van der Waals surface area contributed by atoms with E-state index in [-0.39, 0.29) is 24.0 Å². The van der Waals surface area contributed by atoms with E-state index in [0.717, 1.165) is 25.8 Å². The number of sulfonamides is 1. The van der Waals surface area contributed by atoms with E-state index in [0.29, 0.717) is 12.5 Å². The maximum atomic E-state index is 11.2. The Morgan fingerprint density at radius 3 is 2.21 bits per heavy atom. The Hall–Kier alpha value is -0.0900. The lowest BCUT2D eigenvalue weighted by atomic mass is 10.1. The first kappa shape index (κ1) is 21.2. The number of hydrogen-bond acceptors (Lipinski definition) is 3. The highest BCUT2D eigenvalue weighted by atomic mass is 127. The van der Waals surface area contributed by atoms with E-state index >= 15 is 0 Å². The van der Waals surface area contributed by atoms with Crippen molar-refractivity contribution in [1.82, 2.24) is 15.4 Å². The van der Waals surface area contributed by atoms with Gasteiger partial charge in [-0.1, -0.05) is 6.92 Å². The normalized spacial score (nSPS) is 12.8. The van der Waals surface area contributed by atoms with Gasteiger partial charge in [-0.05, 0) is 27.2 Å². The molecule has 3 N–H and O–H groups in total. The molecule has 0 bridgehead atoms. The zero-order chi connectivity index (χ0) is 14.2.